The Kier molecular flexibility index (Phi) is 1.57. The van der Waals surface area contributed by atoms with Crippen molar-refractivity contribution < 1.29 is 0 Å². The second kappa shape index (κ2) is 2.21. The number of nitrogens with zero attached hydrogens (tertiary/aromatic N) is 2. The molecule has 1 heterocycles. The highest BCUT2D eigenvalue weighted by Crippen LogP contribution is 1.97. The summed E-state index contributed by atoms with van der Waals surface area (Å²) in [5.41, 5.74) is 0. The number of halogens is 1. The molecule has 1 atom stereocenters. The van der Waals surface area contributed by atoms with Gasteiger partial charge in [0.05, 0.1) is 11.4 Å². The Morgan fingerprint density at radius 1 is 1.71 bits per heavy atom. The molecule has 0 aromatic rings. The molecular formula is C4H5BrN2. The topological polar surface area (TPSA) is 24.7 Å². The van der Waals surface area contributed by atoms with Crippen LogP contribution < -0.4 is 0 Å². The molecule has 3 heteroatoms. The Balaban J connectivity index is 2.49. The maximum atomic E-state index is 3.89. The van der Waals surface area contributed by atoms with Crippen molar-refractivity contribution in [1.29, 1.82) is 0 Å². The fourth-order valence-electron chi connectivity index (χ4n) is 0.374. The summed E-state index contributed by atoms with van der Waals surface area (Å²) in [6.45, 7) is 0.823. The molecule has 1 aliphatic heterocycles. The van der Waals surface area contributed by atoms with E-state index in [1.54, 1.807) is 6.34 Å². The van der Waals surface area contributed by atoms with Crippen LogP contribution in [0.4, 0.5) is 0 Å². The predicted octanol–water partition coefficient (Wildman–Crippen LogP) is 0.863. The summed E-state index contributed by atoms with van der Waals surface area (Å²) in [7, 11) is 0. The van der Waals surface area contributed by atoms with Gasteiger partial charge in [0.25, 0.3) is 0 Å². The van der Waals surface area contributed by atoms with Crippen molar-refractivity contribution >= 4 is 28.5 Å². The number of aliphatic imine (C=N–C) groups is 2. The fraction of sp³-hybridized carbons (Fsp3) is 0.500. The van der Waals surface area contributed by atoms with Crippen molar-refractivity contribution in [2.24, 2.45) is 9.98 Å². The summed E-state index contributed by atoms with van der Waals surface area (Å²) in [5.74, 6) is 0. The van der Waals surface area contributed by atoms with E-state index >= 15 is 0 Å². The Bertz CT molecular complexity index is 108. The van der Waals surface area contributed by atoms with E-state index in [0.29, 0.717) is 4.83 Å². The average Bonchev–Trinajstić information content (AvgIpc) is 1.69. The Morgan fingerprint density at radius 2 is 2.57 bits per heavy atom. The van der Waals surface area contributed by atoms with E-state index in [-0.39, 0.29) is 0 Å². The summed E-state index contributed by atoms with van der Waals surface area (Å²) in [6.07, 6.45) is 3.39. The lowest BCUT2D eigenvalue weighted by molar-refractivity contribution is 1.07. The van der Waals surface area contributed by atoms with Crippen molar-refractivity contribution in [3.05, 3.63) is 0 Å². The minimum Gasteiger partial charge on any atom is -0.272 e. The zero-order valence-electron chi connectivity index (χ0n) is 3.71. The molecule has 0 bridgehead atoms. The minimum absolute atomic E-state index is 0.359. The first-order chi connectivity index (χ1) is 3.39. The molecule has 2 nitrogen and oxygen atoms in total. The standard InChI is InChI=1S/C4H5BrN2/c5-4-1-6-3-7-2-4/h1,3-4H,2H2. The summed E-state index contributed by atoms with van der Waals surface area (Å²) in [6, 6.07) is 0. The molecule has 0 N–H and O–H groups in total. The lowest BCUT2D eigenvalue weighted by Gasteiger charge is -1.99. The SMILES string of the molecule is BrC1C=NC=NC1. The summed E-state index contributed by atoms with van der Waals surface area (Å²) in [4.78, 5) is 8.04. The quantitative estimate of drug-likeness (QED) is 0.471. The Hall–Kier alpha value is -0.180. The van der Waals surface area contributed by atoms with E-state index in [4.69, 9.17) is 0 Å². The third kappa shape index (κ3) is 1.39. The molecule has 0 saturated carbocycles. The molecule has 0 saturated heterocycles. The minimum atomic E-state index is 0.359. The van der Waals surface area contributed by atoms with Gasteiger partial charge in [0.15, 0.2) is 0 Å². The molecule has 0 spiro atoms. The zero-order chi connectivity index (χ0) is 5.11. The van der Waals surface area contributed by atoms with E-state index in [1.807, 2.05) is 6.21 Å². The van der Waals surface area contributed by atoms with Gasteiger partial charge >= 0.3 is 0 Å². The lowest BCUT2D eigenvalue weighted by atomic mass is 10.4. The van der Waals surface area contributed by atoms with Gasteiger partial charge in [0, 0.05) is 6.21 Å². The van der Waals surface area contributed by atoms with Gasteiger partial charge in [-0.3, -0.25) is 4.99 Å². The van der Waals surface area contributed by atoms with Crippen LogP contribution in [0.5, 0.6) is 0 Å². The van der Waals surface area contributed by atoms with E-state index in [9.17, 15) is 0 Å². The molecule has 0 aromatic carbocycles. The largest absolute Gasteiger partial charge is 0.272 e. The lowest BCUT2D eigenvalue weighted by Crippen LogP contribution is -2.07. The van der Waals surface area contributed by atoms with E-state index in [2.05, 4.69) is 25.9 Å². The van der Waals surface area contributed by atoms with Crippen molar-refractivity contribution in [1.82, 2.24) is 0 Å². The van der Waals surface area contributed by atoms with Crippen molar-refractivity contribution in [2.45, 2.75) is 4.83 Å². The molecule has 0 radical (unpaired) electrons. The van der Waals surface area contributed by atoms with Crippen LogP contribution in [0.2, 0.25) is 0 Å². The van der Waals surface area contributed by atoms with Crippen LogP contribution in [0, 0.1) is 0 Å². The first kappa shape index (κ1) is 4.97. The maximum Gasteiger partial charge on any atom is 0.109 e. The number of hydrogen-bond donors (Lipinski definition) is 0. The number of alkyl halides is 1. The normalized spacial score (nSPS) is 28.4. The Morgan fingerprint density at radius 3 is 2.86 bits per heavy atom. The third-order valence-electron chi connectivity index (χ3n) is 0.676. The third-order valence-corrected chi connectivity index (χ3v) is 1.20. The van der Waals surface area contributed by atoms with E-state index in [1.165, 1.54) is 0 Å². The van der Waals surface area contributed by atoms with Crippen LogP contribution in [0.1, 0.15) is 0 Å². The van der Waals surface area contributed by atoms with Gasteiger partial charge in [-0.05, 0) is 0 Å². The molecular weight excluding hydrogens is 156 g/mol. The van der Waals surface area contributed by atoms with Crippen molar-refractivity contribution in [3.63, 3.8) is 0 Å². The molecule has 1 rings (SSSR count). The van der Waals surface area contributed by atoms with E-state index in [0.717, 1.165) is 6.54 Å². The van der Waals surface area contributed by atoms with Crippen LogP contribution in [-0.2, 0) is 0 Å². The van der Waals surface area contributed by atoms with Gasteiger partial charge in [-0.25, -0.2) is 4.99 Å². The van der Waals surface area contributed by atoms with Gasteiger partial charge in [0.2, 0.25) is 0 Å². The van der Waals surface area contributed by atoms with Crippen LogP contribution in [0.3, 0.4) is 0 Å². The monoisotopic (exact) mass is 160 g/mol. The molecule has 0 fully saturated rings. The van der Waals surface area contributed by atoms with Crippen LogP contribution in [0.25, 0.3) is 0 Å². The second-order valence-electron chi connectivity index (χ2n) is 1.29. The Labute approximate surface area is 50.5 Å². The van der Waals surface area contributed by atoms with Gasteiger partial charge in [-0.15, -0.1) is 0 Å². The summed E-state index contributed by atoms with van der Waals surface area (Å²) in [5, 5.41) is 0. The van der Waals surface area contributed by atoms with Crippen molar-refractivity contribution in [2.75, 3.05) is 6.54 Å². The molecule has 0 amide bonds. The highest BCUT2D eigenvalue weighted by molar-refractivity contribution is 9.10. The molecule has 1 unspecified atom stereocenters. The molecule has 0 aromatic heterocycles. The first-order valence-electron chi connectivity index (χ1n) is 2.05. The highest BCUT2D eigenvalue weighted by Gasteiger charge is 1.97. The van der Waals surface area contributed by atoms with Crippen LogP contribution in [0.15, 0.2) is 9.98 Å². The smallest absolute Gasteiger partial charge is 0.109 e. The van der Waals surface area contributed by atoms with E-state index < -0.39 is 0 Å². The fourth-order valence-corrected chi connectivity index (χ4v) is 0.678. The van der Waals surface area contributed by atoms with Crippen LogP contribution in [-0.4, -0.2) is 23.9 Å². The molecule has 0 aliphatic carbocycles. The average molecular weight is 161 g/mol. The van der Waals surface area contributed by atoms with Gasteiger partial charge in [-0.1, -0.05) is 15.9 Å². The van der Waals surface area contributed by atoms with Gasteiger partial charge < -0.3 is 0 Å². The number of rotatable bonds is 0. The van der Waals surface area contributed by atoms with Crippen LogP contribution >= 0.6 is 15.9 Å². The predicted molar refractivity (Wildman–Crippen MR) is 34.6 cm³/mol. The first-order valence-corrected chi connectivity index (χ1v) is 2.97. The summed E-state index contributed by atoms with van der Waals surface area (Å²) >= 11 is 3.33. The summed E-state index contributed by atoms with van der Waals surface area (Å²) < 4.78 is 0. The number of hydrogen-bond acceptors (Lipinski definition) is 2. The maximum absolute atomic E-state index is 3.89. The van der Waals surface area contributed by atoms with Gasteiger partial charge in [0.1, 0.15) is 6.34 Å². The molecule has 1 aliphatic rings. The molecule has 7 heavy (non-hydrogen) atoms. The second-order valence-corrected chi connectivity index (χ2v) is 2.47. The molecule has 38 valence electrons. The van der Waals surface area contributed by atoms with Gasteiger partial charge in [-0.2, -0.15) is 0 Å². The zero-order valence-corrected chi connectivity index (χ0v) is 5.30. The van der Waals surface area contributed by atoms with Crippen molar-refractivity contribution in [3.8, 4) is 0 Å². The highest BCUT2D eigenvalue weighted by atomic mass is 79.9.